The fraction of sp³-hybridized carbons (Fsp3) is 0.938. The summed E-state index contributed by atoms with van der Waals surface area (Å²) in [6, 6.07) is 0.333. The maximum Gasteiger partial charge on any atom is 0.237 e. The molecule has 1 amide bonds. The number of carbonyl (C=O) groups is 1. The first kappa shape index (κ1) is 18.7. The third kappa shape index (κ3) is 5.16. The van der Waals surface area contributed by atoms with Crippen molar-refractivity contribution in [2.45, 2.75) is 51.6 Å². The highest BCUT2D eigenvalue weighted by Crippen LogP contribution is 2.19. The minimum absolute atomic E-state index is 0.0848. The summed E-state index contributed by atoms with van der Waals surface area (Å²) in [5, 5.41) is 3.36. The van der Waals surface area contributed by atoms with Crippen LogP contribution in [0.4, 0.5) is 0 Å². The number of hydrogen-bond acceptors (Lipinski definition) is 5. The van der Waals surface area contributed by atoms with Crippen molar-refractivity contribution >= 4 is 15.7 Å². The van der Waals surface area contributed by atoms with E-state index in [4.69, 9.17) is 0 Å². The van der Waals surface area contributed by atoms with Gasteiger partial charge in [-0.1, -0.05) is 6.92 Å². The molecule has 23 heavy (non-hydrogen) atoms. The van der Waals surface area contributed by atoms with E-state index in [1.165, 1.54) is 0 Å². The van der Waals surface area contributed by atoms with E-state index in [0.29, 0.717) is 25.6 Å². The van der Waals surface area contributed by atoms with Crippen LogP contribution in [0.2, 0.25) is 0 Å². The second kappa shape index (κ2) is 8.44. The molecule has 0 bridgehead atoms. The number of nitrogens with one attached hydrogen (secondary N) is 1. The molecule has 2 aliphatic rings. The van der Waals surface area contributed by atoms with Crippen molar-refractivity contribution < 1.29 is 13.2 Å². The van der Waals surface area contributed by atoms with Crippen molar-refractivity contribution in [2.75, 3.05) is 44.2 Å². The van der Waals surface area contributed by atoms with Gasteiger partial charge in [0, 0.05) is 18.6 Å². The van der Waals surface area contributed by atoms with Crippen LogP contribution in [0, 0.1) is 0 Å². The van der Waals surface area contributed by atoms with Gasteiger partial charge in [0.1, 0.15) is 0 Å². The van der Waals surface area contributed by atoms with Gasteiger partial charge in [-0.05, 0) is 52.2 Å². The average Bonchev–Trinajstić information content (AvgIpc) is 2.88. The van der Waals surface area contributed by atoms with E-state index < -0.39 is 9.84 Å². The van der Waals surface area contributed by atoms with E-state index in [0.717, 1.165) is 38.9 Å². The van der Waals surface area contributed by atoms with Gasteiger partial charge in [-0.15, -0.1) is 0 Å². The molecule has 1 atom stereocenters. The molecule has 0 radical (unpaired) electrons. The highest BCUT2D eigenvalue weighted by molar-refractivity contribution is 7.91. The number of hydrogen-bond donors (Lipinski definition) is 1. The van der Waals surface area contributed by atoms with Crippen LogP contribution < -0.4 is 5.32 Å². The Morgan fingerprint density at radius 2 is 1.83 bits per heavy atom. The summed E-state index contributed by atoms with van der Waals surface area (Å²) in [5.74, 6) is 0.434. The highest BCUT2D eigenvalue weighted by atomic mass is 32.2. The maximum atomic E-state index is 12.8. The third-order valence-electron chi connectivity index (χ3n) is 4.98. The zero-order valence-electron chi connectivity index (χ0n) is 14.5. The van der Waals surface area contributed by atoms with Crippen LogP contribution in [0.5, 0.6) is 0 Å². The van der Waals surface area contributed by atoms with Gasteiger partial charge in [0.05, 0.1) is 18.1 Å². The SMILES string of the molecule is CCCN(CC(=O)N(CC)C1CCS(=O)(=O)C1)C1CCNCC1. The molecule has 1 unspecified atom stereocenters. The van der Waals surface area contributed by atoms with Crippen LogP contribution in [0.3, 0.4) is 0 Å². The van der Waals surface area contributed by atoms with Crippen molar-refractivity contribution in [1.82, 2.24) is 15.1 Å². The van der Waals surface area contributed by atoms with Gasteiger partial charge < -0.3 is 10.2 Å². The second-order valence-electron chi connectivity index (χ2n) is 6.69. The number of piperidine rings is 1. The van der Waals surface area contributed by atoms with Gasteiger partial charge in [-0.25, -0.2) is 8.42 Å². The number of rotatable bonds is 7. The van der Waals surface area contributed by atoms with Gasteiger partial charge in [-0.3, -0.25) is 9.69 Å². The first-order valence-corrected chi connectivity index (χ1v) is 10.7. The van der Waals surface area contributed by atoms with Gasteiger partial charge in [-0.2, -0.15) is 0 Å². The van der Waals surface area contributed by atoms with Crippen molar-refractivity contribution in [3.8, 4) is 0 Å². The predicted molar refractivity (Wildman–Crippen MR) is 92.2 cm³/mol. The molecule has 2 fully saturated rings. The van der Waals surface area contributed by atoms with E-state index in [-0.39, 0.29) is 23.5 Å². The third-order valence-corrected chi connectivity index (χ3v) is 6.73. The molecule has 0 aliphatic carbocycles. The fourth-order valence-corrected chi connectivity index (χ4v) is 5.50. The van der Waals surface area contributed by atoms with Crippen molar-refractivity contribution in [1.29, 1.82) is 0 Å². The Balaban J connectivity index is 1.98. The predicted octanol–water partition coefficient (Wildman–Crippen LogP) is 0.486. The molecule has 1 N–H and O–H groups in total. The van der Waals surface area contributed by atoms with Crippen LogP contribution in [0.1, 0.15) is 39.5 Å². The summed E-state index contributed by atoms with van der Waals surface area (Å²) in [5.41, 5.74) is 0. The molecular weight excluding hydrogens is 314 g/mol. The Kier molecular flexibility index (Phi) is 6.85. The fourth-order valence-electron chi connectivity index (χ4n) is 3.77. The second-order valence-corrected chi connectivity index (χ2v) is 8.92. The standard InChI is InChI=1S/C16H31N3O3S/c1-3-10-18(14-5-8-17-9-6-14)12-16(20)19(4-2)15-7-11-23(21,22)13-15/h14-15,17H,3-13H2,1-2H3. The summed E-state index contributed by atoms with van der Waals surface area (Å²) in [6.07, 6.45) is 3.78. The van der Waals surface area contributed by atoms with Gasteiger partial charge in [0.2, 0.25) is 5.91 Å². The molecule has 134 valence electrons. The smallest absolute Gasteiger partial charge is 0.237 e. The topological polar surface area (TPSA) is 69.7 Å². The van der Waals surface area contributed by atoms with Crippen molar-refractivity contribution in [3.05, 3.63) is 0 Å². The van der Waals surface area contributed by atoms with Crippen molar-refractivity contribution in [3.63, 3.8) is 0 Å². The van der Waals surface area contributed by atoms with Crippen molar-refractivity contribution in [2.24, 2.45) is 0 Å². The minimum Gasteiger partial charge on any atom is -0.338 e. The van der Waals surface area contributed by atoms with Crippen LogP contribution >= 0.6 is 0 Å². The summed E-state index contributed by atoms with van der Waals surface area (Å²) in [7, 11) is -2.96. The minimum atomic E-state index is -2.96. The van der Waals surface area contributed by atoms with Gasteiger partial charge in [0.25, 0.3) is 0 Å². The Labute approximate surface area is 140 Å². The lowest BCUT2D eigenvalue weighted by Crippen LogP contribution is -2.50. The molecule has 2 rings (SSSR count). The highest BCUT2D eigenvalue weighted by Gasteiger charge is 2.34. The number of sulfone groups is 1. The molecule has 0 saturated carbocycles. The zero-order valence-corrected chi connectivity index (χ0v) is 15.3. The van der Waals surface area contributed by atoms with Crippen LogP contribution in [0.25, 0.3) is 0 Å². The molecule has 0 aromatic carbocycles. The zero-order chi connectivity index (χ0) is 16.9. The number of nitrogens with zero attached hydrogens (tertiary/aromatic N) is 2. The first-order valence-electron chi connectivity index (χ1n) is 8.91. The molecule has 7 heteroatoms. The molecular formula is C16H31N3O3S. The lowest BCUT2D eigenvalue weighted by Gasteiger charge is -2.36. The van der Waals surface area contributed by atoms with E-state index in [1.54, 1.807) is 4.90 Å². The Bertz CT molecular complexity index is 489. The molecule has 0 spiro atoms. The van der Waals surface area contributed by atoms with E-state index in [9.17, 15) is 13.2 Å². The lowest BCUT2D eigenvalue weighted by molar-refractivity contribution is -0.134. The number of amides is 1. The first-order chi connectivity index (χ1) is 11.0. The van der Waals surface area contributed by atoms with E-state index >= 15 is 0 Å². The summed E-state index contributed by atoms with van der Waals surface area (Å²) in [4.78, 5) is 16.9. The molecule has 2 heterocycles. The molecule has 0 aromatic heterocycles. The number of carbonyl (C=O) groups excluding carboxylic acids is 1. The quantitative estimate of drug-likeness (QED) is 0.727. The van der Waals surface area contributed by atoms with E-state index in [2.05, 4.69) is 17.1 Å². The average molecular weight is 346 g/mol. The molecule has 2 aliphatic heterocycles. The van der Waals surface area contributed by atoms with Crippen LogP contribution in [-0.2, 0) is 14.6 Å². The molecule has 6 nitrogen and oxygen atoms in total. The van der Waals surface area contributed by atoms with Crippen LogP contribution in [0.15, 0.2) is 0 Å². The Hall–Kier alpha value is -0.660. The largest absolute Gasteiger partial charge is 0.338 e. The summed E-state index contributed by atoms with van der Waals surface area (Å²) < 4.78 is 23.4. The summed E-state index contributed by atoms with van der Waals surface area (Å²) >= 11 is 0. The number of likely N-dealkylation sites (N-methyl/N-ethyl adjacent to an activating group) is 1. The van der Waals surface area contributed by atoms with Gasteiger partial charge >= 0.3 is 0 Å². The Morgan fingerprint density at radius 1 is 1.13 bits per heavy atom. The molecule has 2 saturated heterocycles. The van der Waals surface area contributed by atoms with E-state index in [1.807, 2.05) is 6.92 Å². The maximum absolute atomic E-state index is 12.8. The summed E-state index contributed by atoms with van der Waals surface area (Å²) in [6.45, 7) is 8.04. The molecule has 0 aromatic rings. The normalized spacial score (nSPS) is 24.9. The van der Waals surface area contributed by atoms with Crippen LogP contribution in [-0.4, -0.2) is 80.4 Å². The monoisotopic (exact) mass is 345 g/mol. The lowest BCUT2D eigenvalue weighted by atomic mass is 10.0. The van der Waals surface area contributed by atoms with Gasteiger partial charge in [0.15, 0.2) is 9.84 Å². The Morgan fingerprint density at radius 3 is 2.35 bits per heavy atom.